The highest BCUT2D eigenvalue weighted by atomic mass is 16.2. The number of ketones is 1. The molecule has 2 aliphatic heterocycles. The van der Waals surface area contributed by atoms with Gasteiger partial charge in [-0.1, -0.05) is 33.6 Å². The number of hydrogen-bond acceptors (Lipinski definition) is 7. The molecule has 3 aromatic rings. The lowest BCUT2D eigenvalue weighted by Gasteiger charge is -2.28. The summed E-state index contributed by atoms with van der Waals surface area (Å²) < 4.78 is 1.67. The molecule has 3 amide bonds. The van der Waals surface area contributed by atoms with E-state index in [0.29, 0.717) is 49.3 Å². The Hall–Kier alpha value is -4.15. The second-order valence-corrected chi connectivity index (χ2v) is 14.7. The zero-order valence-electron chi connectivity index (χ0n) is 27.6. The predicted octanol–water partition coefficient (Wildman–Crippen LogP) is 4.15. The van der Waals surface area contributed by atoms with Crippen molar-refractivity contribution in [3.05, 3.63) is 41.6 Å². The van der Waals surface area contributed by atoms with E-state index in [9.17, 15) is 19.2 Å². The van der Waals surface area contributed by atoms with Gasteiger partial charge in [0, 0.05) is 61.2 Å². The zero-order valence-corrected chi connectivity index (χ0v) is 27.6. The topological polar surface area (TPSA) is 139 Å². The molecule has 2 aromatic heterocycles. The summed E-state index contributed by atoms with van der Waals surface area (Å²) >= 11 is 0. The monoisotopic (exact) mass is 627 g/mol. The van der Waals surface area contributed by atoms with Crippen LogP contribution in [0, 0.1) is 17.8 Å². The predicted molar refractivity (Wildman–Crippen MR) is 174 cm³/mol. The minimum atomic E-state index is -0.633. The van der Waals surface area contributed by atoms with E-state index in [2.05, 4.69) is 47.4 Å². The molecule has 11 nitrogen and oxygen atoms in total. The first-order chi connectivity index (χ1) is 21.8. The summed E-state index contributed by atoms with van der Waals surface area (Å²) in [6.45, 7) is 10.3. The van der Waals surface area contributed by atoms with E-state index >= 15 is 0 Å². The number of benzene rings is 1. The van der Waals surface area contributed by atoms with Gasteiger partial charge in [0.25, 0.3) is 0 Å². The Kier molecular flexibility index (Phi) is 8.45. The standard InChI is InChI=1S/C35H45N7O4/c1-21(43)31-26-13-24(25-16-36-22(2)37-17-25)12-23-10-8-6-7-9-11-29(44)38-20-35-14-27(33(46)39-19-34(3,4)5)42(28(35)15-35)30(45)18-41(40-31)32(23)26/h12-13,16-17,27-28H,6-11,14-15,18-20H2,1-5H3,(H,38,44)(H,39,46)/t27?,28-,35+/m1/s1. The Morgan fingerprint density at radius 1 is 1.02 bits per heavy atom. The van der Waals surface area contributed by atoms with Crippen LogP contribution in [0.5, 0.6) is 0 Å². The summed E-state index contributed by atoms with van der Waals surface area (Å²) in [6, 6.07) is 3.27. The Labute approximate surface area is 269 Å². The number of hydrogen-bond donors (Lipinski definition) is 2. The molecule has 3 aliphatic rings. The van der Waals surface area contributed by atoms with Crippen molar-refractivity contribution in [3.63, 3.8) is 0 Å². The molecule has 1 aromatic carbocycles. The smallest absolute Gasteiger partial charge is 0.245 e. The van der Waals surface area contributed by atoms with Gasteiger partial charge in [0.15, 0.2) is 5.78 Å². The number of carbonyl (C=O) groups is 4. The van der Waals surface area contributed by atoms with Crippen LogP contribution in [-0.2, 0) is 27.3 Å². The fourth-order valence-electron chi connectivity index (χ4n) is 7.14. The van der Waals surface area contributed by atoms with E-state index in [0.717, 1.165) is 54.3 Å². The molecule has 46 heavy (non-hydrogen) atoms. The molecule has 1 unspecified atom stereocenters. The van der Waals surface area contributed by atoms with Gasteiger partial charge in [-0.3, -0.25) is 23.9 Å². The number of carbonyl (C=O) groups excluding carboxylic acids is 4. The Morgan fingerprint density at radius 3 is 2.43 bits per heavy atom. The van der Waals surface area contributed by atoms with Gasteiger partial charge >= 0.3 is 0 Å². The maximum atomic E-state index is 14.3. The minimum Gasteiger partial charge on any atom is -0.355 e. The Bertz CT molecular complexity index is 1690. The van der Waals surface area contributed by atoms with Crippen LogP contribution in [-0.4, -0.2) is 73.3 Å². The van der Waals surface area contributed by atoms with E-state index in [1.807, 2.05) is 13.0 Å². The maximum absolute atomic E-state index is 14.3. The Balaban J connectivity index is 1.41. The van der Waals surface area contributed by atoms with Crippen LogP contribution in [0.15, 0.2) is 24.5 Å². The van der Waals surface area contributed by atoms with E-state index in [1.165, 1.54) is 6.92 Å². The molecule has 3 atom stereocenters. The van der Waals surface area contributed by atoms with E-state index in [4.69, 9.17) is 5.10 Å². The summed E-state index contributed by atoms with van der Waals surface area (Å²) in [5.74, 6) is 0.132. The summed E-state index contributed by atoms with van der Waals surface area (Å²) in [4.78, 5) is 64.0. The quantitative estimate of drug-likeness (QED) is 0.415. The first kappa shape index (κ1) is 31.8. The highest BCUT2D eigenvalue weighted by molar-refractivity contribution is 6.07. The number of Topliss-reactive ketones (excluding diaryl/α,β-unsaturated/α-hetero) is 1. The summed E-state index contributed by atoms with van der Waals surface area (Å²) in [6.07, 6.45) is 9.54. The van der Waals surface area contributed by atoms with Crippen molar-refractivity contribution in [2.45, 2.75) is 105 Å². The molecular weight excluding hydrogens is 582 g/mol. The van der Waals surface area contributed by atoms with Gasteiger partial charge in [-0.25, -0.2) is 9.97 Å². The van der Waals surface area contributed by atoms with Crippen LogP contribution >= 0.6 is 0 Å². The lowest BCUT2D eigenvalue weighted by molar-refractivity contribution is -0.140. The normalized spacial score (nSPS) is 23.9. The van der Waals surface area contributed by atoms with Crippen LogP contribution < -0.4 is 10.6 Å². The highest BCUT2D eigenvalue weighted by Gasteiger charge is 2.67. The molecule has 4 heterocycles. The number of piperidine rings is 1. The molecule has 1 saturated carbocycles. The van der Waals surface area contributed by atoms with Gasteiger partial charge in [0.05, 0.1) is 5.52 Å². The third-order valence-electron chi connectivity index (χ3n) is 9.69. The van der Waals surface area contributed by atoms with Crippen molar-refractivity contribution in [1.29, 1.82) is 0 Å². The van der Waals surface area contributed by atoms with Gasteiger partial charge in [0.2, 0.25) is 17.7 Å². The molecule has 0 radical (unpaired) electrons. The number of amides is 3. The molecule has 6 rings (SSSR count). The lowest BCUT2D eigenvalue weighted by atomic mass is 9.95. The van der Waals surface area contributed by atoms with Gasteiger partial charge in [-0.05, 0) is 67.7 Å². The van der Waals surface area contributed by atoms with E-state index in [1.54, 1.807) is 22.0 Å². The second-order valence-electron chi connectivity index (χ2n) is 14.7. The van der Waals surface area contributed by atoms with Gasteiger partial charge in [-0.15, -0.1) is 0 Å². The average molecular weight is 628 g/mol. The van der Waals surface area contributed by atoms with Crippen molar-refractivity contribution in [3.8, 4) is 11.1 Å². The Morgan fingerprint density at radius 2 is 1.74 bits per heavy atom. The molecular formula is C35H45N7O4. The fourth-order valence-corrected chi connectivity index (χ4v) is 7.14. The maximum Gasteiger partial charge on any atom is 0.245 e. The number of aromatic nitrogens is 4. The number of nitrogens with one attached hydrogen (secondary N) is 2. The van der Waals surface area contributed by atoms with Crippen molar-refractivity contribution in [2.24, 2.45) is 10.8 Å². The SMILES string of the molecule is CC(=O)c1nn2c3c(cc(-c4cnc(C)nc4)cc13)CCCCCCC(=O)NC[C@@]13CC(C(=O)NCC(C)(C)C)N(C(=O)C2)[C@@H]1C3. The van der Waals surface area contributed by atoms with Crippen molar-refractivity contribution < 1.29 is 19.2 Å². The third kappa shape index (κ3) is 6.41. The molecule has 244 valence electrons. The largest absolute Gasteiger partial charge is 0.355 e. The number of aryl methyl sites for hydroxylation is 2. The summed E-state index contributed by atoms with van der Waals surface area (Å²) in [5.41, 5.74) is 3.38. The number of rotatable bonds is 4. The van der Waals surface area contributed by atoms with Crippen molar-refractivity contribution in [1.82, 2.24) is 35.3 Å². The first-order valence-electron chi connectivity index (χ1n) is 16.5. The van der Waals surface area contributed by atoms with Crippen LogP contribution in [0.25, 0.3) is 22.0 Å². The number of nitrogens with zero attached hydrogens (tertiary/aromatic N) is 5. The van der Waals surface area contributed by atoms with Crippen molar-refractivity contribution >= 4 is 34.4 Å². The van der Waals surface area contributed by atoms with Gasteiger partial charge in [-0.2, -0.15) is 5.10 Å². The molecule has 0 spiro atoms. The average Bonchev–Trinajstić information content (AvgIpc) is 3.41. The minimum absolute atomic E-state index is 0.0227. The molecule has 1 aliphatic carbocycles. The molecule has 2 bridgehead atoms. The third-order valence-corrected chi connectivity index (χ3v) is 9.69. The molecule has 1 saturated heterocycles. The molecule has 2 fully saturated rings. The molecule has 11 heteroatoms. The fraction of sp³-hybridized carbons (Fsp3) is 0.571. The lowest BCUT2D eigenvalue weighted by Crippen LogP contribution is -2.50. The van der Waals surface area contributed by atoms with Crippen LogP contribution in [0.4, 0.5) is 0 Å². The van der Waals surface area contributed by atoms with Crippen molar-refractivity contribution in [2.75, 3.05) is 13.1 Å². The highest BCUT2D eigenvalue weighted by Crippen LogP contribution is 2.59. The summed E-state index contributed by atoms with van der Waals surface area (Å²) in [7, 11) is 0. The van der Waals surface area contributed by atoms with Crippen LogP contribution in [0.2, 0.25) is 0 Å². The molecule has 2 N–H and O–H groups in total. The van der Waals surface area contributed by atoms with Crippen LogP contribution in [0.3, 0.4) is 0 Å². The zero-order chi connectivity index (χ0) is 32.8. The first-order valence-corrected chi connectivity index (χ1v) is 16.5. The van der Waals surface area contributed by atoms with E-state index < -0.39 is 6.04 Å². The summed E-state index contributed by atoms with van der Waals surface area (Å²) in [5, 5.41) is 11.6. The van der Waals surface area contributed by atoms with Gasteiger partial charge < -0.3 is 15.5 Å². The van der Waals surface area contributed by atoms with E-state index in [-0.39, 0.29) is 46.9 Å². The van der Waals surface area contributed by atoms with Crippen LogP contribution in [0.1, 0.15) is 94.5 Å². The second kappa shape index (κ2) is 12.2. The van der Waals surface area contributed by atoms with Gasteiger partial charge in [0.1, 0.15) is 24.1 Å².